The van der Waals surface area contributed by atoms with Crippen molar-refractivity contribution in [3.63, 3.8) is 0 Å². The summed E-state index contributed by atoms with van der Waals surface area (Å²) < 4.78 is 21.8. The van der Waals surface area contributed by atoms with Gasteiger partial charge in [-0.15, -0.1) is 0 Å². The number of carbonyl (C=O) groups is 2. The summed E-state index contributed by atoms with van der Waals surface area (Å²) in [4.78, 5) is 25.7. The zero-order valence-electron chi connectivity index (χ0n) is 16.4. The molecular formula is C20H28N3O6+. The average molecular weight is 406 g/mol. The van der Waals surface area contributed by atoms with Gasteiger partial charge in [0.1, 0.15) is 19.1 Å². The van der Waals surface area contributed by atoms with Gasteiger partial charge >= 0.3 is 11.8 Å². The molecule has 2 amide bonds. The van der Waals surface area contributed by atoms with Crippen molar-refractivity contribution in [3.05, 3.63) is 23.8 Å². The van der Waals surface area contributed by atoms with E-state index < -0.39 is 11.8 Å². The molecule has 0 bridgehead atoms. The number of morpholine rings is 1. The predicted molar refractivity (Wildman–Crippen MR) is 102 cm³/mol. The Balaban J connectivity index is 1.37. The van der Waals surface area contributed by atoms with E-state index in [2.05, 4.69) is 10.6 Å². The van der Waals surface area contributed by atoms with Crippen LogP contribution in [0.1, 0.15) is 24.4 Å². The monoisotopic (exact) mass is 406 g/mol. The maximum atomic E-state index is 12.3. The summed E-state index contributed by atoms with van der Waals surface area (Å²) >= 11 is 0. The first kappa shape index (κ1) is 19.9. The summed E-state index contributed by atoms with van der Waals surface area (Å²) in [5, 5.41) is 5.46. The molecule has 2 fully saturated rings. The highest BCUT2D eigenvalue weighted by Crippen LogP contribution is 2.33. The molecule has 0 aliphatic carbocycles. The molecule has 2 saturated heterocycles. The summed E-state index contributed by atoms with van der Waals surface area (Å²) in [6.45, 7) is 4.66. The molecule has 0 radical (unpaired) electrons. The van der Waals surface area contributed by atoms with Gasteiger partial charge in [-0.25, -0.2) is 0 Å². The van der Waals surface area contributed by atoms with Gasteiger partial charge < -0.3 is 34.5 Å². The Morgan fingerprint density at radius 2 is 1.86 bits per heavy atom. The minimum Gasteiger partial charge on any atom is -0.454 e. The Hall–Kier alpha value is -2.36. The van der Waals surface area contributed by atoms with Crippen molar-refractivity contribution in [2.24, 2.45) is 0 Å². The van der Waals surface area contributed by atoms with Gasteiger partial charge in [0.15, 0.2) is 11.5 Å². The second-order valence-electron chi connectivity index (χ2n) is 7.49. The van der Waals surface area contributed by atoms with Gasteiger partial charge in [-0.05, 0) is 31.0 Å². The van der Waals surface area contributed by atoms with Crippen LogP contribution in [-0.4, -0.2) is 70.7 Å². The highest BCUT2D eigenvalue weighted by atomic mass is 16.7. The number of rotatable bonds is 6. The molecule has 0 unspecified atom stereocenters. The smallest absolute Gasteiger partial charge is 0.309 e. The molecule has 0 saturated carbocycles. The van der Waals surface area contributed by atoms with Crippen molar-refractivity contribution < 1.29 is 33.4 Å². The van der Waals surface area contributed by atoms with Crippen LogP contribution in [0, 0.1) is 0 Å². The maximum absolute atomic E-state index is 12.3. The van der Waals surface area contributed by atoms with Crippen LogP contribution in [0.3, 0.4) is 0 Å². The van der Waals surface area contributed by atoms with E-state index in [1.807, 2.05) is 18.2 Å². The zero-order valence-corrected chi connectivity index (χ0v) is 16.4. The fourth-order valence-electron chi connectivity index (χ4n) is 3.98. The Morgan fingerprint density at radius 1 is 1.07 bits per heavy atom. The molecule has 3 heterocycles. The third-order valence-corrected chi connectivity index (χ3v) is 5.61. The number of hydrogen-bond donors (Lipinski definition) is 3. The van der Waals surface area contributed by atoms with Gasteiger partial charge in [-0.2, -0.15) is 0 Å². The van der Waals surface area contributed by atoms with E-state index in [0.29, 0.717) is 38.7 Å². The Morgan fingerprint density at radius 3 is 2.66 bits per heavy atom. The van der Waals surface area contributed by atoms with Gasteiger partial charge in [-0.1, -0.05) is 0 Å². The quantitative estimate of drug-likeness (QED) is 0.513. The number of hydrogen-bond acceptors (Lipinski definition) is 6. The normalized spacial score (nSPS) is 22.3. The minimum atomic E-state index is -0.624. The van der Waals surface area contributed by atoms with Crippen molar-refractivity contribution in [1.82, 2.24) is 10.6 Å². The molecule has 4 rings (SSSR count). The standard InChI is InChI=1S/C20H27N3O6/c24-19(21-11-15-2-1-7-27-15)20(25)22-12-16(23-5-8-26-9-6-23)14-3-4-17-18(10-14)29-13-28-17/h3-4,10,15-16H,1-2,5-9,11-13H2,(H,21,24)(H,22,25)/p+1/t15-,16-/m1/s1. The maximum Gasteiger partial charge on any atom is 0.309 e. The number of fused-ring (bicyclic) bond motifs is 1. The molecule has 3 aliphatic heterocycles. The van der Waals surface area contributed by atoms with Crippen LogP contribution in [0.4, 0.5) is 0 Å². The first-order valence-electron chi connectivity index (χ1n) is 10.2. The lowest BCUT2D eigenvalue weighted by atomic mass is 10.0. The van der Waals surface area contributed by atoms with E-state index in [1.165, 1.54) is 4.90 Å². The fourth-order valence-corrected chi connectivity index (χ4v) is 3.98. The van der Waals surface area contributed by atoms with Crippen LogP contribution < -0.4 is 25.0 Å². The van der Waals surface area contributed by atoms with Crippen LogP contribution >= 0.6 is 0 Å². The molecule has 1 aromatic carbocycles. The number of quaternary nitrogens is 1. The number of nitrogens with one attached hydrogen (secondary N) is 3. The molecule has 0 spiro atoms. The summed E-state index contributed by atoms with van der Waals surface area (Å²) in [5.74, 6) is 0.186. The molecule has 29 heavy (non-hydrogen) atoms. The zero-order chi connectivity index (χ0) is 20.1. The van der Waals surface area contributed by atoms with Gasteiger partial charge in [0.05, 0.1) is 25.9 Å². The molecule has 0 aromatic heterocycles. The number of benzene rings is 1. The molecular weight excluding hydrogens is 378 g/mol. The summed E-state index contributed by atoms with van der Waals surface area (Å²) in [6.07, 6.45) is 1.91. The van der Waals surface area contributed by atoms with Gasteiger partial charge in [0, 0.05) is 18.7 Å². The number of amides is 2. The minimum absolute atomic E-state index is 0.00549. The molecule has 2 atom stereocenters. The van der Waals surface area contributed by atoms with Gasteiger partial charge in [0.25, 0.3) is 0 Å². The van der Waals surface area contributed by atoms with E-state index in [-0.39, 0.29) is 18.9 Å². The first-order valence-corrected chi connectivity index (χ1v) is 10.2. The Kier molecular flexibility index (Phi) is 6.48. The average Bonchev–Trinajstić information content (AvgIpc) is 3.44. The largest absolute Gasteiger partial charge is 0.454 e. The first-order chi connectivity index (χ1) is 14.2. The predicted octanol–water partition coefficient (Wildman–Crippen LogP) is -1.22. The van der Waals surface area contributed by atoms with Crippen LogP contribution in [0.5, 0.6) is 11.5 Å². The second kappa shape index (κ2) is 9.43. The number of ether oxygens (including phenoxy) is 4. The van der Waals surface area contributed by atoms with E-state index in [0.717, 1.165) is 37.2 Å². The summed E-state index contributed by atoms with van der Waals surface area (Å²) in [5.41, 5.74) is 1.03. The van der Waals surface area contributed by atoms with E-state index in [4.69, 9.17) is 18.9 Å². The molecule has 158 valence electrons. The third-order valence-electron chi connectivity index (χ3n) is 5.61. The topological polar surface area (TPSA) is 99.6 Å². The van der Waals surface area contributed by atoms with Crippen molar-refractivity contribution in [2.75, 3.05) is 52.8 Å². The van der Waals surface area contributed by atoms with E-state index >= 15 is 0 Å². The number of carbonyl (C=O) groups excluding carboxylic acids is 2. The Bertz CT molecular complexity index is 731. The Labute approximate surface area is 169 Å². The third kappa shape index (κ3) is 4.98. The second-order valence-corrected chi connectivity index (χ2v) is 7.49. The van der Waals surface area contributed by atoms with E-state index in [1.54, 1.807) is 0 Å². The lowest BCUT2D eigenvalue weighted by Gasteiger charge is -2.32. The van der Waals surface area contributed by atoms with Gasteiger partial charge in [-0.3, -0.25) is 9.59 Å². The fraction of sp³-hybridized carbons (Fsp3) is 0.600. The van der Waals surface area contributed by atoms with Crippen molar-refractivity contribution in [3.8, 4) is 11.5 Å². The lowest BCUT2D eigenvalue weighted by Crippen LogP contribution is -3.15. The van der Waals surface area contributed by atoms with Crippen molar-refractivity contribution >= 4 is 11.8 Å². The van der Waals surface area contributed by atoms with Crippen LogP contribution in [-0.2, 0) is 19.1 Å². The molecule has 3 N–H and O–H groups in total. The molecule has 1 aromatic rings. The van der Waals surface area contributed by atoms with Crippen LogP contribution in [0.15, 0.2) is 18.2 Å². The highest BCUT2D eigenvalue weighted by molar-refractivity contribution is 6.35. The molecule has 9 heteroatoms. The summed E-state index contributed by atoms with van der Waals surface area (Å²) in [6, 6.07) is 5.83. The highest BCUT2D eigenvalue weighted by Gasteiger charge is 2.29. The summed E-state index contributed by atoms with van der Waals surface area (Å²) in [7, 11) is 0. The van der Waals surface area contributed by atoms with Crippen LogP contribution in [0.25, 0.3) is 0 Å². The SMILES string of the molecule is O=C(NC[C@H]1CCCO1)C(=O)NC[C@H](c1ccc2c(c1)OCO2)[NH+]1CCOCC1. The van der Waals surface area contributed by atoms with E-state index in [9.17, 15) is 9.59 Å². The lowest BCUT2D eigenvalue weighted by molar-refractivity contribution is -0.937. The van der Waals surface area contributed by atoms with Crippen LogP contribution in [0.2, 0.25) is 0 Å². The molecule has 3 aliphatic rings. The van der Waals surface area contributed by atoms with Gasteiger partial charge in [0.2, 0.25) is 6.79 Å². The van der Waals surface area contributed by atoms with Crippen molar-refractivity contribution in [1.29, 1.82) is 0 Å². The molecule has 9 nitrogen and oxygen atoms in total. The van der Waals surface area contributed by atoms with Crippen molar-refractivity contribution in [2.45, 2.75) is 25.0 Å².